The van der Waals surface area contributed by atoms with Crippen molar-refractivity contribution in [3.8, 4) is 0 Å². The van der Waals surface area contributed by atoms with Gasteiger partial charge in [-0.05, 0) is 128 Å². The second-order valence-corrected chi connectivity index (χ2v) is 19.9. The van der Waals surface area contributed by atoms with Gasteiger partial charge >= 0.3 is 17.9 Å². The Morgan fingerprint density at radius 1 is 0.288 bits per heavy atom. The number of hydrogen-bond acceptors (Lipinski definition) is 6. The van der Waals surface area contributed by atoms with Crippen molar-refractivity contribution in [3.05, 3.63) is 109 Å². The zero-order valence-electron chi connectivity index (χ0n) is 47.6. The Balaban J connectivity index is 4.41. The number of hydrogen-bond donors (Lipinski definition) is 0. The van der Waals surface area contributed by atoms with Crippen LogP contribution in [0.4, 0.5) is 0 Å². The fraction of sp³-hybridized carbons (Fsp3) is 0.687. The maximum absolute atomic E-state index is 12.9. The molecular weight excluding hydrogens is 901 g/mol. The minimum Gasteiger partial charge on any atom is -0.462 e. The quantitative estimate of drug-likeness (QED) is 0.0261. The zero-order chi connectivity index (χ0) is 52.9. The van der Waals surface area contributed by atoms with E-state index < -0.39 is 6.10 Å². The largest absolute Gasteiger partial charge is 0.462 e. The molecule has 1 unspecified atom stereocenters. The van der Waals surface area contributed by atoms with E-state index in [0.29, 0.717) is 19.3 Å². The molecule has 0 saturated carbocycles. The highest BCUT2D eigenvalue weighted by atomic mass is 16.6. The summed E-state index contributed by atoms with van der Waals surface area (Å²) in [6.07, 6.45) is 82.2. The van der Waals surface area contributed by atoms with Crippen molar-refractivity contribution < 1.29 is 28.6 Å². The maximum atomic E-state index is 12.9. The fourth-order valence-electron chi connectivity index (χ4n) is 8.18. The predicted molar refractivity (Wildman–Crippen MR) is 316 cm³/mol. The molecule has 6 nitrogen and oxygen atoms in total. The van der Waals surface area contributed by atoms with Crippen LogP contribution in [0.15, 0.2) is 109 Å². The van der Waals surface area contributed by atoms with Crippen LogP contribution in [-0.2, 0) is 28.6 Å². The van der Waals surface area contributed by atoms with Gasteiger partial charge < -0.3 is 14.2 Å². The smallest absolute Gasteiger partial charge is 0.306 e. The summed E-state index contributed by atoms with van der Waals surface area (Å²) in [7, 11) is 0. The van der Waals surface area contributed by atoms with Crippen LogP contribution in [0, 0.1) is 0 Å². The molecule has 0 rings (SSSR count). The summed E-state index contributed by atoms with van der Waals surface area (Å²) in [6, 6.07) is 0. The summed E-state index contributed by atoms with van der Waals surface area (Å²) >= 11 is 0. The van der Waals surface area contributed by atoms with E-state index in [2.05, 4.69) is 130 Å². The summed E-state index contributed by atoms with van der Waals surface area (Å²) in [5.74, 6) is -0.927. The Morgan fingerprint density at radius 3 is 0.877 bits per heavy atom. The van der Waals surface area contributed by atoms with Crippen molar-refractivity contribution in [1.82, 2.24) is 0 Å². The summed E-state index contributed by atoms with van der Waals surface area (Å²) in [5, 5.41) is 0. The van der Waals surface area contributed by atoms with E-state index in [4.69, 9.17) is 14.2 Å². The van der Waals surface area contributed by atoms with Crippen molar-refractivity contribution in [1.29, 1.82) is 0 Å². The molecule has 0 aromatic rings. The minimum absolute atomic E-state index is 0.0936. The summed E-state index contributed by atoms with van der Waals surface area (Å²) < 4.78 is 16.9. The third-order valence-corrected chi connectivity index (χ3v) is 12.7. The van der Waals surface area contributed by atoms with Crippen molar-refractivity contribution in [2.75, 3.05) is 13.2 Å². The van der Waals surface area contributed by atoms with Crippen molar-refractivity contribution in [2.45, 2.75) is 284 Å². The maximum Gasteiger partial charge on any atom is 0.306 e. The zero-order valence-corrected chi connectivity index (χ0v) is 47.6. The Labute approximate surface area is 450 Å². The summed E-state index contributed by atoms with van der Waals surface area (Å²) in [4.78, 5) is 38.2. The Bertz CT molecular complexity index is 1490. The molecule has 0 saturated heterocycles. The van der Waals surface area contributed by atoms with E-state index in [0.717, 1.165) is 141 Å². The van der Waals surface area contributed by atoms with E-state index in [1.807, 2.05) is 0 Å². The Hall–Kier alpha value is -3.93. The van der Waals surface area contributed by atoms with Gasteiger partial charge in [0.1, 0.15) is 13.2 Å². The van der Waals surface area contributed by atoms with E-state index in [1.54, 1.807) is 0 Å². The molecule has 0 spiro atoms. The molecule has 73 heavy (non-hydrogen) atoms. The monoisotopic (exact) mass is 1010 g/mol. The van der Waals surface area contributed by atoms with Gasteiger partial charge in [-0.2, -0.15) is 0 Å². The average molecular weight is 1010 g/mol. The molecular formula is C67H112O6. The number of esters is 3. The molecule has 0 bridgehead atoms. The average Bonchev–Trinajstić information content (AvgIpc) is 3.39. The second-order valence-electron chi connectivity index (χ2n) is 19.9. The third-order valence-electron chi connectivity index (χ3n) is 12.7. The van der Waals surface area contributed by atoms with E-state index >= 15 is 0 Å². The molecule has 0 radical (unpaired) electrons. The number of rotatable bonds is 54. The first-order chi connectivity index (χ1) is 36.0. The van der Waals surface area contributed by atoms with Gasteiger partial charge in [-0.1, -0.05) is 239 Å². The van der Waals surface area contributed by atoms with Gasteiger partial charge in [-0.3, -0.25) is 14.4 Å². The lowest BCUT2D eigenvalue weighted by Crippen LogP contribution is -2.30. The lowest BCUT2D eigenvalue weighted by molar-refractivity contribution is -0.167. The van der Waals surface area contributed by atoms with Crippen LogP contribution in [0.1, 0.15) is 278 Å². The van der Waals surface area contributed by atoms with Crippen LogP contribution < -0.4 is 0 Å². The molecule has 0 aliphatic heterocycles. The lowest BCUT2D eigenvalue weighted by atomic mass is 10.1. The fourth-order valence-corrected chi connectivity index (χ4v) is 8.18. The van der Waals surface area contributed by atoms with Crippen LogP contribution in [0.5, 0.6) is 0 Å². The second kappa shape index (κ2) is 60.6. The number of allylic oxidation sites excluding steroid dienone is 18. The van der Waals surface area contributed by atoms with Crippen molar-refractivity contribution >= 4 is 17.9 Å². The number of ether oxygens (including phenoxy) is 3. The summed E-state index contributed by atoms with van der Waals surface area (Å²) in [6.45, 7) is 6.47. The van der Waals surface area contributed by atoms with Crippen LogP contribution in [0.3, 0.4) is 0 Å². The molecule has 416 valence electrons. The highest BCUT2D eigenvalue weighted by molar-refractivity contribution is 5.71. The highest BCUT2D eigenvalue weighted by Crippen LogP contribution is 2.14. The Morgan fingerprint density at radius 2 is 0.534 bits per heavy atom. The molecule has 0 aromatic carbocycles. The first kappa shape index (κ1) is 69.1. The van der Waals surface area contributed by atoms with Crippen molar-refractivity contribution in [3.63, 3.8) is 0 Å². The predicted octanol–water partition coefficient (Wildman–Crippen LogP) is 20.7. The Kier molecular flexibility index (Phi) is 57.4. The van der Waals surface area contributed by atoms with E-state index in [9.17, 15) is 14.4 Å². The molecule has 0 aliphatic rings. The van der Waals surface area contributed by atoms with Gasteiger partial charge in [0, 0.05) is 19.3 Å². The van der Waals surface area contributed by atoms with Crippen LogP contribution in [-0.4, -0.2) is 37.2 Å². The topological polar surface area (TPSA) is 78.9 Å². The number of carbonyl (C=O) groups excluding carboxylic acids is 3. The van der Waals surface area contributed by atoms with Gasteiger partial charge in [0.15, 0.2) is 6.10 Å². The van der Waals surface area contributed by atoms with Crippen LogP contribution in [0.2, 0.25) is 0 Å². The van der Waals surface area contributed by atoms with E-state index in [-0.39, 0.29) is 31.1 Å². The SMILES string of the molecule is CC/C=C\C/C=C\C/C=C\C/C=C\C/C=C\C/C=C\CCCCCCCCC(=O)OCC(COC(=O)CCCCCCC/C=C\CCCCCCCC)OC(=O)CCCCCCC/C=C\C/C=C\CCCCC. The van der Waals surface area contributed by atoms with Gasteiger partial charge in [0.2, 0.25) is 0 Å². The van der Waals surface area contributed by atoms with Gasteiger partial charge in [0.05, 0.1) is 0 Å². The molecule has 6 heteroatoms. The van der Waals surface area contributed by atoms with E-state index in [1.165, 1.54) is 96.3 Å². The normalized spacial score (nSPS) is 12.9. The highest BCUT2D eigenvalue weighted by Gasteiger charge is 2.19. The standard InChI is InChI=1S/C67H112O6/c1-4-7-10-13-16-19-22-25-28-29-30-31-32-33-34-35-36-37-40-42-45-48-51-54-57-60-66(69)72-63-64(73-67(70)61-58-55-52-49-46-43-39-27-24-21-18-15-12-9-6-3)62-71-65(68)59-56-53-50-47-44-41-38-26-23-20-17-14-11-8-5-2/h7,10,16,18-19,21,25-28,30-31,33-34,36-39,64H,4-6,8-9,11-15,17,20,22-24,29,32,35,40-63H2,1-3H3/b10-7-,19-16-,21-18-,28-25-,31-30-,34-33-,37-36-,38-26-,39-27-. The molecule has 0 N–H and O–H groups in total. The van der Waals surface area contributed by atoms with Gasteiger partial charge in [-0.25, -0.2) is 0 Å². The van der Waals surface area contributed by atoms with Crippen LogP contribution in [0.25, 0.3) is 0 Å². The first-order valence-corrected chi connectivity index (χ1v) is 30.4. The molecule has 0 aromatic heterocycles. The number of carbonyl (C=O) groups is 3. The minimum atomic E-state index is -0.798. The van der Waals surface area contributed by atoms with Crippen molar-refractivity contribution in [2.24, 2.45) is 0 Å². The summed E-state index contributed by atoms with van der Waals surface area (Å²) in [5.41, 5.74) is 0. The third kappa shape index (κ3) is 58.8. The van der Waals surface area contributed by atoms with Crippen LogP contribution >= 0.6 is 0 Å². The van der Waals surface area contributed by atoms with Gasteiger partial charge in [-0.15, -0.1) is 0 Å². The van der Waals surface area contributed by atoms with Gasteiger partial charge in [0.25, 0.3) is 0 Å². The molecule has 0 fully saturated rings. The lowest BCUT2D eigenvalue weighted by Gasteiger charge is -2.18. The first-order valence-electron chi connectivity index (χ1n) is 30.4. The molecule has 0 amide bonds. The molecule has 0 aliphatic carbocycles. The number of unbranched alkanes of at least 4 members (excludes halogenated alkanes) is 25. The molecule has 0 heterocycles. The molecule has 1 atom stereocenters.